The summed E-state index contributed by atoms with van der Waals surface area (Å²) in [6, 6.07) is 32.1. The van der Waals surface area contributed by atoms with Crippen LogP contribution in [0.3, 0.4) is 0 Å². The zero-order valence-electron chi connectivity index (χ0n) is 24.6. The first-order chi connectivity index (χ1) is 22.2. The summed E-state index contributed by atoms with van der Waals surface area (Å²) in [5.41, 5.74) is 9.15. The molecule has 3 aromatic carbocycles. The molecular weight excluding hydrogens is 560 g/mol. The van der Waals surface area contributed by atoms with Crippen LogP contribution in [0.1, 0.15) is 23.5 Å². The van der Waals surface area contributed by atoms with Gasteiger partial charge in [0.2, 0.25) is 5.95 Å². The lowest BCUT2D eigenvalue weighted by atomic mass is 9.98. The van der Waals surface area contributed by atoms with Gasteiger partial charge in [0.1, 0.15) is 5.65 Å². The fraction of sp³-hybridized carbons (Fsp3) is 0.167. The molecule has 8 rings (SSSR count). The highest BCUT2D eigenvalue weighted by Gasteiger charge is 2.25. The Balaban J connectivity index is 1.11. The maximum absolute atomic E-state index is 13.3. The van der Waals surface area contributed by atoms with Gasteiger partial charge in [0.05, 0.1) is 17.1 Å². The Morgan fingerprint density at radius 1 is 0.889 bits per heavy atom. The van der Waals surface area contributed by atoms with Crippen LogP contribution in [0.5, 0.6) is 0 Å². The minimum Gasteiger partial charge on any atom is -0.324 e. The molecular formula is C36H32N8O. The predicted molar refractivity (Wildman–Crippen MR) is 178 cm³/mol. The van der Waals surface area contributed by atoms with Gasteiger partial charge in [-0.05, 0) is 85.0 Å². The number of nitrogens with one attached hydrogen (secondary N) is 3. The summed E-state index contributed by atoms with van der Waals surface area (Å²) in [6.07, 6.45) is 5.76. The lowest BCUT2D eigenvalue weighted by Gasteiger charge is -2.18. The van der Waals surface area contributed by atoms with Crippen LogP contribution in [0.2, 0.25) is 0 Å². The summed E-state index contributed by atoms with van der Waals surface area (Å²) in [7, 11) is 0. The number of para-hydroxylation sites is 1. The summed E-state index contributed by atoms with van der Waals surface area (Å²) in [5.74, 6) is 1.03. The van der Waals surface area contributed by atoms with E-state index in [9.17, 15) is 4.79 Å². The van der Waals surface area contributed by atoms with Crippen LogP contribution in [0.4, 0.5) is 27.8 Å². The number of amides is 2. The van der Waals surface area contributed by atoms with Crippen LogP contribution < -0.4 is 20.9 Å². The number of carbonyl (C=O) groups excluding carboxylic acids is 1. The van der Waals surface area contributed by atoms with E-state index in [4.69, 9.17) is 9.97 Å². The number of hydrogen-bond donors (Lipinski definition) is 3. The van der Waals surface area contributed by atoms with E-state index >= 15 is 0 Å². The zero-order chi connectivity index (χ0) is 30.2. The van der Waals surface area contributed by atoms with Crippen molar-refractivity contribution < 1.29 is 4.79 Å². The smallest absolute Gasteiger partial charge is 0.324 e. The lowest BCUT2D eigenvalue weighted by Crippen LogP contribution is -2.33. The molecule has 0 bridgehead atoms. The topological polar surface area (TPSA) is 99.5 Å². The van der Waals surface area contributed by atoms with Gasteiger partial charge < -0.3 is 16.0 Å². The molecule has 0 saturated carbocycles. The molecule has 0 radical (unpaired) electrons. The molecule has 2 aliphatic heterocycles. The average molecular weight is 593 g/mol. The molecule has 222 valence electrons. The van der Waals surface area contributed by atoms with Crippen molar-refractivity contribution in [1.82, 2.24) is 24.7 Å². The van der Waals surface area contributed by atoms with E-state index < -0.39 is 0 Å². The highest BCUT2D eigenvalue weighted by Crippen LogP contribution is 2.34. The molecule has 9 heteroatoms. The number of nitrogens with zero attached hydrogens (tertiary/aromatic N) is 5. The number of urea groups is 1. The normalized spacial score (nSPS) is 15.7. The third-order valence-electron chi connectivity index (χ3n) is 8.62. The van der Waals surface area contributed by atoms with Gasteiger partial charge in [0.25, 0.3) is 0 Å². The van der Waals surface area contributed by atoms with Crippen molar-refractivity contribution in [1.29, 1.82) is 0 Å². The summed E-state index contributed by atoms with van der Waals surface area (Å²) >= 11 is 0. The number of anilines is 4. The van der Waals surface area contributed by atoms with E-state index in [2.05, 4.69) is 45.2 Å². The van der Waals surface area contributed by atoms with Gasteiger partial charge in [-0.1, -0.05) is 48.5 Å². The number of aromatic nitrogens is 4. The SMILES string of the molecule is O=C(Nc1cccc(-c2nc3ccccn3c2-c2ccnc(Nc3cccc(C4CCNC4)c3)n2)c1)N1CCc2ccccc21. The molecule has 2 amide bonds. The van der Waals surface area contributed by atoms with Crippen LogP contribution in [0.15, 0.2) is 109 Å². The molecule has 1 fully saturated rings. The standard InChI is InChI=1S/C36H32N8O/c45-36(43-20-16-24-7-1-2-12-31(24)43)40-29-11-6-9-26(22-29)33-34(44-19-4-3-13-32(44)42-33)30-15-18-38-35(41-30)39-28-10-5-8-25(21-28)27-14-17-37-23-27/h1-13,15,18-19,21-22,27,37H,14,16-17,20,23H2,(H,40,45)(H,38,39,41). The Labute approximate surface area is 261 Å². The first kappa shape index (κ1) is 27.0. The van der Waals surface area contributed by atoms with E-state index in [0.717, 1.165) is 65.6 Å². The lowest BCUT2D eigenvalue weighted by molar-refractivity contribution is 0.257. The molecule has 0 spiro atoms. The highest BCUT2D eigenvalue weighted by atomic mass is 16.2. The summed E-state index contributed by atoms with van der Waals surface area (Å²) in [4.78, 5) is 29.6. The van der Waals surface area contributed by atoms with E-state index in [-0.39, 0.29) is 6.03 Å². The van der Waals surface area contributed by atoms with E-state index in [1.807, 2.05) is 83.4 Å². The van der Waals surface area contributed by atoms with Crippen molar-refractivity contribution >= 4 is 34.7 Å². The molecule has 6 aromatic rings. The third-order valence-corrected chi connectivity index (χ3v) is 8.62. The minimum absolute atomic E-state index is 0.146. The van der Waals surface area contributed by atoms with Gasteiger partial charge in [-0.15, -0.1) is 0 Å². The van der Waals surface area contributed by atoms with Gasteiger partial charge in [-0.2, -0.15) is 0 Å². The van der Waals surface area contributed by atoms with Crippen molar-refractivity contribution in [3.05, 3.63) is 121 Å². The second-order valence-electron chi connectivity index (χ2n) is 11.5. The van der Waals surface area contributed by atoms with Gasteiger partial charge in [0, 0.05) is 48.1 Å². The van der Waals surface area contributed by atoms with Crippen molar-refractivity contribution in [3.8, 4) is 22.6 Å². The first-order valence-corrected chi connectivity index (χ1v) is 15.3. The Bertz CT molecular complexity index is 2030. The molecule has 2 aliphatic rings. The Hall–Kier alpha value is -5.54. The number of benzene rings is 3. The maximum Gasteiger partial charge on any atom is 0.326 e. The van der Waals surface area contributed by atoms with Gasteiger partial charge in [-0.3, -0.25) is 9.30 Å². The number of fused-ring (bicyclic) bond motifs is 2. The Morgan fingerprint density at radius 3 is 2.71 bits per heavy atom. The third kappa shape index (κ3) is 5.27. The molecule has 1 unspecified atom stereocenters. The molecule has 1 atom stereocenters. The first-order valence-electron chi connectivity index (χ1n) is 15.3. The second kappa shape index (κ2) is 11.5. The molecule has 5 heterocycles. The van der Waals surface area contributed by atoms with E-state index in [1.54, 1.807) is 11.1 Å². The van der Waals surface area contributed by atoms with Crippen LogP contribution in [-0.2, 0) is 6.42 Å². The monoisotopic (exact) mass is 592 g/mol. The Morgan fingerprint density at radius 2 is 1.78 bits per heavy atom. The Kier molecular flexibility index (Phi) is 6.92. The van der Waals surface area contributed by atoms with Crippen LogP contribution in [0.25, 0.3) is 28.3 Å². The second-order valence-corrected chi connectivity index (χ2v) is 11.5. The summed E-state index contributed by atoms with van der Waals surface area (Å²) in [6.45, 7) is 2.72. The van der Waals surface area contributed by atoms with Crippen LogP contribution in [0, 0.1) is 0 Å². The van der Waals surface area contributed by atoms with Gasteiger partial charge in [-0.25, -0.2) is 19.7 Å². The summed E-state index contributed by atoms with van der Waals surface area (Å²) in [5, 5.41) is 9.97. The van der Waals surface area contributed by atoms with Crippen molar-refractivity contribution in [2.24, 2.45) is 0 Å². The van der Waals surface area contributed by atoms with Crippen molar-refractivity contribution in [2.45, 2.75) is 18.8 Å². The van der Waals surface area contributed by atoms with Gasteiger partial charge in [0.15, 0.2) is 0 Å². The molecule has 1 saturated heterocycles. The van der Waals surface area contributed by atoms with Crippen molar-refractivity contribution in [3.63, 3.8) is 0 Å². The fourth-order valence-electron chi connectivity index (χ4n) is 6.42. The average Bonchev–Trinajstić information content (AvgIpc) is 3.84. The number of carbonyl (C=O) groups is 1. The number of rotatable bonds is 6. The van der Waals surface area contributed by atoms with Crippen LogP contribution >= 0.6 is 0 Å². The minimum atomic E-state index is -0.146. The molecule has 3 N–H and O–H groups in total. The van der Waals surface area contributed by atoms with Gasteiger partial charge >= 0.3 is 6.03 Å². The molecule has 9 nitrogen and oxygen atoms in total. The number of hydrogen-bond acceptors (Lipinski definition) is 6. The van der Waals surface area contributed by atoms with Crippen LogP contribution in [-0.4, -0.2) is 45.0 Å². The molecule has 45 heavy (non-hydrogen) atoms. The fourth-order valence-corrected chi connectivity index (χ4v) is 6.42. The number of pyridine rings is 1. The quantitative estimate of drug-likeness (QED) is 0.195. The largest absolute Gasteiger partial charge is 0.326 e. The number of imidazole rings is 1. The zero-order valence-corrected chi connectivity index (χ0v) is 24.6. The van der Waals surface area contributed by atoms with E-state index in [1.165, 1.54) is 11.1 Å². The predicted octanol–water partition coefficient (Wildman–Crippen LogP) is 6.87. The highest BCUT2D eigenvalue weighted by molar-refractivity contribution is 6.03. The molecule has 3 aromatic heterocycles. The maximum atomic E-state index is 13.3. The summed E-state index contributed by atoms with van der Waals surface area (Å²) < 4.78 is 2.04. The molecule has 0 aliphatic carbocycles. The van der Waals surface area contributed by atoms with E-state index in [0.29, 0.717) is 24.1 Å². The van der Waals surface area contributed by atoms with Crippen molar-refractivity contribution in [2.75, 3.05) is 35.2 Å².